The second-order valence-electron chi connectivity index (χ2n) is 5.82. The number of amides is 3. The van der Waals surface area contributed by atoms with Gasteiger partial charge in [-0.1, -0.05) is 0 Å². The average molecular weight is 410 g/mol. The molecule has 156 valence electrons. The molecule has 6 unspecified atom stereocenters. The number of hydrogen-bond donors (Lipinski definition) is 9. The fraction of sp³-hybridized carbons (Fsp3) is 0.714. The second-order valence-corrected chi connectivity index (χ2v) is 6.18. The summed E-state index contributed by atoms with van der Waals surface area (Å²) in [7, 11) is 0. The number of aliphatic hydroxyl groups is 3. The Morgan fingerprint density at radius 1 is 0.926 bits per heavy atom. The summed E-state index contributed by atoms with van der Waals surface area (Å²) in [5, 5.41) is 43.5. The molecule has 0 heterocycles. The van der Waals surface area contributed by atoms with Gasteiger partial charge in [0.05, 0.1) is 18.8 Å². The summed E-state index contributed by atoms with van der Waals surface area (Å²) in [5.41, 5.74) is 5.42. The Hall–Kier alpha value is -1.93. The summed E-state index contributed by atoms with van der Waals surface area (Å²) in [6.45, 7) is 1.58. The third kappa shape index (κ3) is 8.09. The van der Waals surface area contributed by atoms with E-state index in [0.29, 0.717) is 0 Å². The first-order chi connectivity index (χ1) is 12.5. The Morgan fingerprint density at radius 2 is 1.44 bits per heavy atom. The van der Waals surface area contributed by atoms with Gasteiger partial charge in [-0.3, -0.25) is 14.4 Å². The van der Waals surface area contributed by atoms with Crippen molar-refractivity contribution in [3.05, 3.63) is 0 Å². The van der Waals surface area contributed by atoms with Gasteiger partial charge in [-0.2, -0.15) is 12.6 Å². The van der Waals surface area contributed by atoms with Crippen molar-refractivity contribution in [2.45, 2.75) is 50.2 Å². The molecule has 0 saturated heterocycles. The summed E-state index contributed by atoms with van der Waals surface area (Å²) in [4.78, 5) is 47.1. The van der Waals surface area contributed by atoms with Crippen molar-refractivity contribution in [1.29, 1.82) is 0 Å². The van der Waals surface area contributed by atoms with Gasteiger partial charge >= 0.3 is 5.97 Å². The number of rotatable bonds is 11. The Kier molecular flexibility index (Phi) is 10.9. The lowest BCUT2D eigenvalue weighted by Gasteiger charge is -2.25. The van der Waals surface area contributed by atoms with Crippen molar-refractivity contribution < 1.29 is 39.6 Å². The maximum absolute atomic E-state index is 12.2. The van der Waals surface area contributed by atoms with Crippen LogP contribution in [-0.4, -0.2) is 92.9 Å². The summed E-state index contributed by atoms with van der Waals surface area (Å²) >= 11 is 3.78. The summed E-state index contributed by atoms with van der Waals surface area (Å²) < 4.78 is 0. The molecule has 0 aliphatic rings. The van der Waals surface area contributed by atoms with Crippen LogP contribution in [0.3, 0.4) is 0 Å². The molecule has 0 fully saturated rings. The number of nitrogens with two attached hydrogens (primary N) is 1. The monoisotopic (exact) mass is 410 g/mol. The average Bonchev–Trinajstić information content (AvgIpc) is 2.59. The molecule has 0 spiro atoms. The first-order valence-electron chi connectivity index (χ1n) is 7.93. The normalized spacial score (nSPS) is 17.6. The fourth-order valence-corrected chi connectivity index (χ4v) is 2.03. The maximum atomic E-state index is 12.2. The van der Waals surface area contributed by atoms with E-state index in [-0.39, 0.29) is 5.75 Å². The topological polar surface area (TPSA) is 211 Å². The molecule has 0 saturated carbocycles. The molecule has 6 atom stereocenters. The van der Waals surface area contributed by atoms with Crippen LogP contribution in [-0.2, 0) is 19.2 Å². The predicted molar refractivity (Wildman–Crippen MR) is 95.7 cm³/mol. The second kappa shape index (κ2) is 11.7. The Bertz CT molecular complexity index is 545. The van der Waals surface area contributed by atoms with Gasteiger partial charge in [0.1, 0.15) is 24.2 Å². The molecular weight excluding hydrogens is 384 g/mol. The highest BCUT2D eigenvalue weighted by Gasteiger charge is 2.32. The predicted octanol–water partition coefficient (Wildman–Crippen LogP) is -4.46. The van der Waals surface area contributed by atoms with Crippen molar-refractivity contribution in [2.75, 3.05) is 12.4 Å². The zero-order valence-corrected chi connectivity index (χ0v) is 15.7. The van der Waals surface area contributed by atoms with Gasteiger partial charge in [0, 0.05) is 5.75 Å². The molecule has 0 aliphatic carbocycles. The van der Waals surface area contributed by atoms with E-state index in [4.69, 9.17) is 10.8 Å². The third-order valence-electron chi connectivity index (χ3n) is 3.50. The SMILES string of the molecule is CC(O)C(N)C(=O)NC(CO)C(=O)NC(C(=O)NC(CS)C(=O)O)C(C)O. The summed E-state index contributed by atoms with van der Waals surface area (Å²) in [6.07, 6.45) is -2.63. The van der Waals surface area contributed by atoms with Gasteiger partial charge in [-0.05, 0) is 13.8 Å². The third-order valence-corrected chi connectivity index (χ3v) is 3.86. The molecule has 0 aromatic heterocycles. The molecule has 0 radical (unpaired) electrons. The highest BCUT2D eigenvalue weighted by molar-refractivity contribution is 7.80. The number of thiol groups is 1. The van der Waals surface area contributed by atoms with Crippen molar-refractivity contribution >= 4 is 36.3 Å². The van der Waals surface area contributed by atoms with Gasteiger partial charge < -0.3 is 42.1 Å². The van der Waals surface area contributed by atoms with E-state index >= 15 is 0 Å². The van der Waals surface area contributed by atoms with Crippen LogP contribution in [0.25, 0.3) is 0 Å². The largest absolute Gasteiger partial charge is 0.480 e. The molecule has 0 aromatic carbocycles. The summed E-state index contributed by atoms with van der Waals surface area (Å²) in [6, 6.07) is -5.78. The number of carbonyl (C=O) groups is 4. The van der Waals surface area contributed by atoms with E-state index in [1.807, 2.05) is 0 Å². The van der Waals surface area contributed by atoms with E-state index in [9.17, 15) is 34.5 Å². The van der Waals surface area contributed by atoms with Crippen LogP contribution in [0.4, 0.5) is 0 Å². The van der Waals surface area contributed by atoms with E-state index < -0.39 is 66.7 Å². The van der Waals surface area contributed by atoms with E-state index in [1.165, 1.54) is 13.8 Å². The highest BCUT2D eigenvalue weighted by Crippen LogP contribution is 1.99. The zero-order valence-electron chi connectivity index (χ0n) is 14.8. The molecule has 0 aliphatic heterocycles. The number of aliphatic hydroxyl groups excluding tert-OH is 3. The van der Waals surface area contributed by atoms with Gasteiger partial charge in [0.2, 0.25) is 17.7 Å². The van der Waals surface area contributed by atoms with Crippen LogP contribution in [0.2, 0.25) is 0 Å². The van der Waals surface area contributed by atoms with Crippen LogP contribution >= 0.6 is 12.6 Å². The Labute approximate surface area is 160 Å². The number of carboxylic acid groups (broad SMARTS) is 1. The van der Waals surface area contributed by atoms with Crippen LogP contribution < -0.4 is 21.7 Å². The minimum atomic E-state index is -1.56. The van der Waals surface area contributed by atoms with Gasteiger partial charge in [0.15, 0.2) is 0 Å². The Balaban J connectivity index is 5.10. The smallest absolute Gasteiger partial charge is 0.327 e. The Morgan fingerprint density at radius 3 is 1.81 bits per heavy atom. The van der Waals surface area contributed by atoms with E-state index in [1.54, 1.807) is 0 Å². The number of nitrogens with one attached hydrogen (secondary N) is 3. The number of hydrogen-bond acceptors (Lipinski definition) is 9. The number of carbonyl (C=O) groups excluding carboxylic acids is 3. The fourth-order valence-electron chi connectivity index (χ4n) is 1.79. The number of carboxylic acids is 1. The molecule has 27 heavy (non-hydrogen) atoms. The van der Waals surface area contributed by atoms with Gasteiger partial charge in [-0.15, -0.1) is 0 Å². The molecule has 0 bridgehead atoms. The summed E-state index contributed by atoms with van der Waals surface area (Å²) in [5.74, 6) is -4.53. The van der Waals surface area contributed by atoms with Crippen LogP contribution in [0.15, 0.2) is 0 Å². The molecule has 0 rings (SSSR count). The minimum Gasteiger partial charge on any atom is -0.480 e. The number of aliphatic carboxylic acids is 1. The lowest BCUT2D eigenvalue weighted by molar-refractivity contribution is -0.142. The highest BCUT2D eigenvalue weighted by atomic mass is 32.1. The minimum absolute atomic E-state index is 0.228. The van der Waals surface area contributed by atoms with Crippen LogP contribution in [0.5, 0.6) is 0 Å². The lowest BCUT2D eigenvalue weighted by Crippen LogP contribution is -2.61. The van der Waals surface area contributed by atoms with Gasteiger partial charge in [-0.25, -0.2) is 4.79 Å². The first kappa shape index (κ1) is 25.1. The molecule has 13 heteroatoms. The van der Waals surface area contributed by atoms with E-state index in [0.717, 1.165) is 0 Å². The van der Waals surface area contributed by atoms with Crippen molar-refractivity contribution in [3.8, 4) is 0 Å². The molecule has 3 amide bonds. The quantitative estimate of drug-likeness (QED) is 0.150. The maximum Gasteiger partial charge on any atom is 0.327 e. The molecule has 0 aromatic rings. The van der Waals surface area contributed by atoms with Gasteiger partial charge in [0.25, 0.3) is 0 Å². The van der Waals surface area contributed by atoms with E-state index in [2.05, 4.69) is 28.6 Å². The van der Waals surface area contributed by atoms with Crippen molar-refractivity contribution in [1.82, 2.24) is 16.0 Å². The lowest BCUT2D eigenvalue weighted by atomic mass is 10.1. The molecule has 12 nitrogen and oxygen atoms in total. The zero-order chi connectivity index (χ0) is 21.3. The van der Waals surface area contributed by atoms with Crippen LogP contribution in [0, 0.1) is 0 Å². The van der Waals surface area contributed by atoms with Crippen molar-refractivity contribution in [3.63, 3.8) is 0 Å². The molecule has 9 N–H and O–H groups in total. The molecular formula is C14H26N4O8S. The first-order valence-corrected chi connectivity index (χ1v) is 8.56. The standard InChI is InChI=1S/C14H26N4O8S/c1-5(20)9(15)12(23)16-7(3-19)11(22)18-10(6(2)21)13(24)17-8(4-27)14(25)26/h5-10,19-21,27H,3-4,15H2,1-2H3,(H,16,23)(H,17,24)(H,18,22)(H,25,26). The van der Waals surface area contributed by atoms with Crippen LogP contribution in [0.1, 0.15) is 13.8 Å². The van der Waals surface area contributed by atoms with Crippen molar-refractivity contribution in [2.24, 2.45) is 5.73 Å².